The standard InChI is InChI=1S/C20H26N2O2.Na/c1-5-15(23)22-17-16(14-11-12-20(17,4)19(14,2)3)21(18(22)24)13-9-7-6-8-10-13;/h5-10,14,16-17,23H,11-12H2,1-4H3;/q;+1/p-1/b15-5-;/t14-,16-,17-,20+;/m1./s1. The monoisotopic (exact) mass is 348 g/mol. The first-order valence-electron chi connectivity index (χ1n) is 8.85. The molecule has 1 aromatic carbocycles. The van der Waals surface area contributed by atoms with Crippen LogP contribution in [0.5, 0.6) is 0 Å². The van der Waals surface area contributed by atoms with Gasteiger partial charge in [-0.15, -0.1) is 0 Å². The first-order valence-corrected chi connectivity index (χ1v) is 8.85. The number of para-hydroxylation sites is 1. The molecule has 0 unspecified atom stereocenters. The van der Waals surface area contributed by atoms with E-state index < -0.39 is 0 Å². The predicted molar refractivity (Wildman–Crippen MR) is 92.1 cm³/mol. The van der Waals surface area contributed by atoms with Crippen molar-refractivity contribution in [1.82, 2.24) is 4.90 Å². The molecule has 128 valence electrons. The van der Waals surface area contributed by atoms with E-state index in [1.165, 1.54) is 6.08 Å². The molecule has 1 aliphatic heterocycles. The normalized spacial score (nSPS) is 35.8. The largest absolute Gasteiger partial charge is 1.00 e. The summed E-state index contributed by atoms with van der Waals surface area (Å²) in [5.74, 6) is 0.254. The number of allylic oxidation sites excluding steroid dienone is 1. The minimum atomic E-state index is -0.169. The van der Waals surface area contributed by atoms with Gasteiger partial charge >= 0.3 is 35.6 Å². The molecule has 5 heteroatoms. The summed E-state index contributed by atoms with van der Waals surface area (Å²) in [6.45, 7) is 8.62. The summed E-state index contributed by atoms with van der Waals surface area (Å²) in [6.07, 6.45) is 3.72. The Morgan fingerprint density at radius 2 is 1.88 bits per heavy atom. The van der Waals surface area contributed by atoms with Crippen LogP contribution in [0.15, 0.2) is 42.3 Å². The second kappa shape index (κ2) is 6.04. The van der Waals surface area contributed by atoms with E-state index in [2.05, 4.69) is 20.8 Å². The van der Waals surface area contributed by atoms with Crippen LogP contribution in [0.4, 0.5) is 10.5 Å². The molecule has 0 aromatic heterocycles. The van der Waals surface area contributed by atoms with Crippen LogP contribution in [-0.4, -0.2) is 23.0 Å². The van der Waals surface area contributed by atoms with Gasteiger partial charge in [0.15, 0.2) is 0 Å². The maximum Gasteiger partial charge on any atom is 1.00 e. The van der Waals surface area contributed by atoms with E-state index in [9.17, 15) is 9.90 Å². The molecule has 1 aromatic rings. The van der Waals surface area contributed by atoms with Gasteiger partial charge in [0.2, 0.25) is 0 Å². The van der Waals surface area contributed by atoms with Crippen LogP contribution in [-0.2, 0) is 0 Å². The molecular weight excluding hydrogens is 323 g/mol. The molecule has 2 bridgehead atoms. The summed E-state index contributed by atoms with van der Waals surface area (Å²) in [5, 5.41) is 12.6. The average Bonchev–Trinajstić information content (AvgIpc) is 3.06. The molecule has 25 heavy (non-hydrogen) atoms. The number of hydrogen-bond acceptors (Lipinski definition) is 2. The molecular formula is C20H25N2NaO2. The number of nitrogens with zero attached hydrogens (tertiary/aromatic N) is 2. The fraction of sp³-hybridized carbons (Fsp3) is 0.550. The molecule has 2 amide bonds. The fourth-order valence-corrected chi connectivity index (χ4v) is 5.65. The third-order valence-electron chi connectivity index (χ3n) is 7.27. The average molecular weight is 348 g/mol. The zero-order valence-corrected chi connectivity index (χ0v) is 17.8. The molecule has 1 heterocycles. The Kier molecular flexibility index (Phi) is 4.54. The first-order chi connectivity index (χ1) is 11.3. The van der Waals surface area contributed by atoms with E-state index in [1.54, 1.807) is 11.8 Å². The van der Waals surface area contributed by atoms with Crippen LogP contribution in [0, 0.1) is 16.7 Å². The number of carbonyl (C=O) groups excluding carboxylic acids is 1. The van der Waals surface area contributed by atoms with Gasteiger partial charge < -0.3 is 10.0 Å². The Morgan fingerprint density at radius 1 is 1.24 bits per heavy atom. The van der Waals surface area contributed by atoms with E-state index in [1.807, 2.05) is 35.2 Å². The number of anilines is 1. The van der Waals surface area contributed by atoms with E-state index in [-0.39, 0.29) is 64.4 Å². The van der Waals surface area contributed by atoms with Gasteiger partial charge in [0.1, 0.15) is 0 Å². The van der Waals surface area contributed by atoms with Crippen molar-refractivity contribution in [2.24, 2.45) is 16.7 Å². The molecule has 2 aliphatic carbocycles. The smallest absolute Gasteiger partial charge is 0.860 e. The van der Waals surface area contributed by atoms with E-state index in [0.717, 1.165) is 18.5 Å². The summed E-state index contributed by atoms with van der Waals surface area (Å²) in [4.78, 5) is 16.6. The van der Waals surface area contributed by atoms with Gasteiger partial charge in [-0.3, -0.25) is 4.90 Å². The van der Waals surface area contributed by atoms with Gasteiger partial charge in [-0.2, -0.15) is 0 Å². The van der Waals surface area contributed by atoms with Crippen molar-refractivity contribution >= 4 is 11.7 Å². The topological polar surface area (TPSA) is 46.6 Å². The molecule has 0 radical (unpaired) electrons. The van der Waals surface area contributed by atoms with Crippen molar-refractivity contribution in [3.63, 3.8) is 0 Å². The summed E-state index contributed by atoms with van der Waals surface area (Å²) >= 11 is 0. The van der Waals surface area contributed by atoms with Crippen LogP contribution in [0.1, 0.15) is 40.5 Å². The molecule has 2 saturated carbocycles. The van der Waals surface area contributed by atoms with Gasteiger partial charge in [0.25, 0.3) is 0 Å². The Balaban J connectivity index is 0.00000182. The number of benzene rings is 1. The van der Waals surface area contributed by atoms with Crippen molar-refractivity contribution < 1.29 is 39.5 Å². The molecule has 4 nitrogen and oxygen atoms in total. The van der Waals surface area contributed by atoms with Crippen molar-refractivity contribution in [1.29, 1.82) is 0 Å². The maximum absolute atomic E-state index is 13.2. The zero-order chi connectivity index (χ0) is 17.3. The number of urea groups is 1. The summed E-state index contributed by atoms with van der Waals surface area (Å²) in [6, 6.07) is 9.69. The number of rotatable bonds is 2. The van der Waals surface area contributed by atoms with Gasteiger partial charge in [0, 0.05) is 5.69 Å². The quantitative estimate of drug-likeness (QED) is 0.572. The van der Waals surface area contributed by atoms with Crippen LogP contribution in [0.25, 0.3) is 0 Å². The molecule has 4 atom stereocenters. The van der Waals surface area contributed by atoms with Crippen molar-refractivity contribution in [2.75, 3.05) is 4.90 Å². The first kappa shape index (κ1) is 18.8. The second-order valence-electron chi connectivity index (χ2n) is 8.20. The van der Waals surface area contributed by atoms with Crippen molar-refractivity contribution in [3.05, 3.63) is 42.3 Å². The Hall–Kier alpha value is -0.970. The van der Waals surface area contributed by atoms with E-state index in [4.69, 9.17) is 0 Å². The van der Waals surface area contributed by atoms with Crippen molar-refractivity contribution in [2.45, 2.75) is 52.6 Å². The molecule has 0 N–H and O–H groups in total. The van der Waals surface area contributed by atoms with Gasteiger partial charge in [-0.1, -0.05) is 45.0 Å². The van der Waals surface area contributed by atoms with Crippen LogP contribution in [0.2, 0.25) is 0 Å². The fourth-order valence-electron chi connectivity index (χ4n) is 5.65. The van der Waals surface area contributed by atoms with Crippen LogP contribution >= 0.6 is 0 Å². The number of amides is 2. The summed E-state index contributed by atoms with van der Waals surface area (Å²) < 4.78 is 0. The van der Waals surface area contributed by atoms with Crippen LogP contribution in [0.3, 0.4) is 0 Å². The number of hydrogen-bond donors (Lipinski definition) is 0. The molecule has 3 aliphatic rings. The predicted octanol–water partition coefficient (Wildman–Crippen LogP) is 0.348. The molecule has 4 rings (SSSR count). The van der Waals surface area contributed by atoms with E-state index >= 15 is 0 Å². The summed E-state index contributed by atoms with van der Waals surface area (Å²) in [5.41, 5.74) is 0.985. The number of fused-ring (bicyclic) bond motifs is 5. The molecule has 1 saturated heterocycles. The van der Waals surface area contributed by atoms with E-state index in [0.29, 0.717) is 5.92 Å². The SMILES string of the molecule is C/C=C(\[O-])N1C(=O)N(c2ccccc2)[C@@H]2[C@H]3CC[C@@](C)([C@@H]21)C3(C)C.[Na+]. The molecule has 0 spiro atoms. The Morgan fingerprint density at radius 3 is 2.48 bits per heavy atom. The second-order valence-corrected chi connectivity index (χ2v) is 8.20. The van der Waals surface area contributed by atoms with Crippen LogP contribution < -0.4 is 39.6 Å². The third kappa shape index (κ3) is 2.20. The minimum absolute atomic E-state index is 0. The third-order valence-corrected chi connectivity index (χ3v) is 7.27. The van der Waals surface area contributed by atoms with Gasteiger partial charge in [-0.05, 0) is 54.5 Å². The minimum Gasteiger partial charge on any atom is -0.860 e. The van der Waals surface area contributed by atoms with Gasteiger partial charge in [-0.25, -0.2) is 4.79 Å². The number of carbonyl (C=O) groups is 1. The maximum atomic E-state index is 13.2. The Bertz CT molecular complexity index is 718. The Labute approximate surface area is 172 Å². The van der Waals surface area contributed by atoms with Crippen molar-refractivity contribution in [3.8, 4) is 0 Å². The summed E-state index contributed by atoms with van der Waals surface area (Å²) in [7, 11) is 0. The van der Waals surface area contributed by atoms with Gasteiger partial charge in [0.05, 0.1) is 12.1 Å². The molecule has 3 fully saturated rings. The zero-order valence-electron chi connectivity index (χ0n) is 15.8.